The Kier molecular flexibility index (Phi) is 8.74. The minimum atomic E-state index is -1.000. The summed E-state index contributed by atoms with van der Waals surface area (Å²) in [6.07, 6.45) is -1.000. The molecule has 2 unspecified atom stereocenters. The zero-order chi connectivity index (χ0) is 22.5. The van der Waals surface area contributed by atoms with Gasteiger partial charge in [0.25, 0.3) is 0 Å². The Morgan fingerprint density at radius 3 is 2.27 bits per heavy atom. The Balaban J connectivity index is 0.00000306. The summed E-state index contributed by atoms with van der Waals surface area (Å²) in [5.74, 6) is -0.632. The summed E-state index contributed by atoms with van der Waals surface area (Å²) in [5.41, 5.74) is 1.05. The second-order valence-electron chi connectivity index (χ2n) is 7.66. The first kappa shape index (κ1) is 25.1. The molecule has 2 aromatic carbocycles. The fourth-order valence-corrected chi connectivity index (χ4v) is 4.12. The summed E-state index contributed by atoms with van der Waals surface area (Å²) in [5, 5.41) is -0.0495. The summed E-state index contributed by atoms with van der Waals surface area (Å²) < 4.78 is 18.2. The SMILES string of the molecule is CC(=O)OC(C(CN1CCOCC1)c1ccccc1)n1oc(-c2ccccc2)c(Cl)c1=O.Cl. The van der Waals surface area contributed by atoms with Crippen molar-refractivity contribution in [3.63, 3.8) is 0 Å². The van der Waals surface area contributed by atoms with Gasteiger partial charge in [0.1, 0.15) is 0 Å². The van der Waals surface area contributed by atoms with E-state index in [2.05, 4.69) is 4.90 Å². The van der Waals surface area contributed by atoms with Gasteiger partial charge in [-0.2, -0.15) is 0 Å². The van der Waals surface area contributed by atoms with Crippen LogP contribution in [0.25, 0.3) is 11.3 Å². The normalized spacial score (nSPS) is 15.9. The van der Waals surface area contributed by atoms with Crippen LogP contribution in [0.15, 0.2) is 70.0 Å². The molecule has 0 spiro atoms. The second-order valence-corrected chi connectivity index (χ2v) is 8.04. The van der Waals surface area contributed by atoms with E-state index in [0.29, 0.717) is 25.3 Å². The van der Waals surface area contributed by atoms with E-state index in [1.165, 1.54) is 6.92 Å². The molecule has 1 aliphatic heterocycles. The molecule has 1 fully saturated rings. The van der Waals surface area contributed by atoms with Crippen LogP contribution in [0.1, 0.15) is 24.6 Å². The fraction of sp³-hybridized carbons (Fsp3) is 0.333. The van der Waals surface area contributed by atoms with E-state index in [0.717, 1.165) is 23.4 Å². The first-order chi connectivity index (χ1) is 15.5. The monoisotopic (exact) mass is 492 g/mol. The predicted octanol–water partition coefficient (Wildman–Crippen LogP) is 4.36. The first-order valence-corrected chi connectivity index (χ1v) is 10.9. The summed E-state index contributed by atoms with van der Waals surface area (Å²) in [4.78, 5) is 27.4. The smallest absolute Gasteiger partial charge is 0.305 e. The van der Waals surface area contributed by atoms with Crippen molar-refractivity contribution in [2.75, 3.05) is 32.8 Å². The van der Waals surface area contributed by atoms with Gasteiger partial charge in [0, 0.05) is 32.1 Å². The maximum Gasteiger partial charge on any atom is 0.305 e. The molecule has 4 rings (SSSR count). The summed E-state index contributed by atoms with van der Waals surface area (Å²) >= 11 is 6.38. The van der Waals surface area contributed by atoms with Gasteiger partial charge in [0.05, 0.1) is 19.1 Å². The number of halogens is 2. The average molecular weight is 493 g/mol. The van der Waals surface area contributed by atoms with Crippen molar-refractivity contribution in [2.24, 2.45) is 0 Å². The molecule has 2 atom stereocenters. The number of hydrogen-bond donors (Lipinski definition) is 0. The van der Waals surface area contributed by atoms with Crippen molar-refractivity contribution in [1.82, 2.24) is 9.64 Å². The van der Waals surface area contributed by atoms with Crippen LogP contribution in [0.3, 0.4) is 0 Å². The number of hydrogen-bond acceptors (Lipinski definition) is 6. The average Bonchev–Trinajstić information content (AvgIpc) is 3.12. The van der Waals surface area contributed by atoms with Crippen LogP contribution in [-0.4, -0.2) is 48.5 Å². The third-order valence-electron chi connectivity index (χ3n) is 5.46. The standard InChI is InChI=1S/C24H25ClN2O5.ClH/c1-17(28)31-24(27-23(29)21(25)22(32-27)19-10-6-3-7-11-19)20(18-8-4-2-5-9-18)16-26-12-14-30-15-13-26;/h2-11,20,24H,12-16H2,1H3;1H. The highest BCUT2D eigenvalue weighted by atomic mass is 35.5. The Morgan fingerprint density at radius 1 is 1.06 bits per heavy atom. The number of rotatable bonds is 7. The molecule has 0 radical (unpaired) electrons. The third-order valence-corrected chi connectivity index (χ3v) is 5.79. The van der Waals surface area contributed by atoms with Gasteiger partial charge in [0.2, 0.25) is 6.23 Å². The highest BCUT2D eigenvalue weighted by Gasteiger charge is 2.34. The minimum Gasteiger partial charge on any atom is -0.438 e. The van der Waals surface area contributed by atoms with E-state index in [1.807, 2.05) is 48.5 Å². The Morgan fingerprint density at radius 2 is 1.67 bits per heavy atom. The van der Waals surface area contributed by atoms with E-state index in [9.17, 15) is 9.59 Å². The number of esters is 1. The van der Waals surface area contributed by atoms with Crippen LogP contribution in [0.2, 0.25) is 5.02 Å². The zero-order valence-electron chi connectivity index (χ0n) is 18.2. The molecule has 0 aliphatic carbocycles. The maximum absolute atomic E-state index is 13.1. The maximum atomic E-state index is 13.1. The van der Waals surface area contributed by atoms with E-state index in [-0.39, 0.29) is 29.1 Å². The Hall–Kier alpha value is -2.58. The zero-order valence-corrected chi connectivity index (χ0v) is 19.8. The molecule has 33 heavy (non-hydrogen) atoms. The van der Waals surface area contributed by atoms with Crippen molar-refractivity contribution < 1.29 is 18.8 Å². The quantitative estimate of drug-likeness (QED) is 0.456. The lowest BCUT2D eigenvalue weighted by molar-refractivity contribution is -0.159. The molecule has 3 aromatic rings. The third kappa shape index (κ3) is 5.86. The van der Waals surface area contributed by atoms with Crippen molar-refractivity contribution in [1.29, 1.82) is 0 Å². The predicted molar refractivity (Wildman–Crippen MR) is 128 cm³/mol. The van der Waals surface area contributed by atoms with E-state index in [4.69, 9.17) is 25.6 Å². The van der Waals surface area contributed by atoms with Crippen molar-refractivity contribution in [2.45, 2.75) is 19.1 Å². The van der Waals surface area contributed by atoms with Gasteiger partial charge in [-0.05, 0) is 5.56 Å². The molecule has 0 saturated carbocycles. The van der Waals surface area contributed by atoms with E-state index < -0.39 is 17.8 Å². The first-order valence-electron chi connectivity index (χ1n) is 10.5. The fourth-order valence-electron chi connectivity index (χ4n) is 3.90. The lowest BCUT2D eigenvalue weighted by atomic mass is 9.96. The molecule has 0 N–H and O–H groups in total. The number of nitrogens with zero attached hydrogens (tertiary/aromatic N) is 2. The number of carbonyl (C=O) groups excluding carboxylic acids is 1. The van der Waals surface area contributed by atoms with Crippen LogP contribution in [0.4, 0.5) is 0 Å². The van der Waals surface area contributed by atoms with Gasteiger partial charge >= 0.3 is 11.5 Å². The van der Waals surface area contributed by atoms with Gasteiger partial charge < -0.3 is 14.0 Å². The van der Waals surface area contributed by atoms with Crippen molar-refractivity contribution in [3.05, 3.63) is 81.6 Å². The van der Waals surface area contributed by atoms with E-state index >= 15 is 0 Å². The molecule has 1 saturated heterocycles. The summed E-state index contributed by atoms with van der Waals surface area (Å²) in [7, 11) is 0. The topological polar surface area (TPSA) is 73.9 Å². The van der Waals surface area contributed by atoms with Crippen molar-refractivity contribution >= 4 is 30.0 Å². The van der Waals surface area contributed by atoms with Crippen molar-refractivity contribution in [3.8, 4) is 11.3 Å². The van der Waals surface area contributed by atoms with Gasteiger partial charge in [-0.3, -0.25) is 14.5 Å². The van der Waals surface area contributed by atoms with Crippen LogP contribution in [0, 0.1) is 0 Å². The number of aromatic nitrogens is 1. The number of benzene rings is 2. The molecule has 0 bridgehead atoms. The molecular formula is C24H26Cl2N2O5. The number of morpholine rings is 1. The molecule has 2 heterocycles. The number of ether oxygens (including phenoxy) is 2. The van der Waals surface area contributed by atoms with Gasteiger partial charge in [-0.15, -0.1) is 17.1 Å². The lowest BCUT2D eigenvalue weighted by Gasteiger charge is -2.33. The molecule has 9 heteroatoms. The molecule has 7 nitrogen and oxygen atoms in total. The molecular weight excluding hydrogens is 467 g/mol. The molecule has 1 aromatic heterocycles. The molecule has 0 amide bonds. The lowest BCUT2D eigenvalue weighted by Crippen LogP contribution is -2.42. The molecule has 176 valence electrons. The van der Waals surface area contributed by atoms with Crippen LogP contribution < -0.4 is 5.56 Å². The molecule has 1 aliphatic rings. The summed E-state index contributed by atoms with van der Waals surface area (Å²) in [6, 6.07) is 18.8. The Labute approximate surface area is 203 Å². The second kappa shape index (κ2) is 11.5. The van der Waals surface area contributed by atoms with Crippen LogP contribution >= 0.6 is 24.0 Å². The van der Waals surface area contributed by atoms with Gasteiger partial charge in [0.15, 0.2) is 10.8 Å². The van der Waals surface area contributed by atoms with Gasteiger partial charge in [-0.1, -0.05) is 72.3 Å². The van der Waals surface area contributed by atoms with Gasteiger partial charge in [-0.25, -0.2) is 0 Å². The highest BCUT2D eigenvalue weighted by Crippen LogP contribution is 2.34. The van der Waals surface area contributed by atoms with Crippen LogP contribution in [-0.2, 0) is 14.3 Å². The van der Waals surface area contributed by atoms with Crippen LogP contribution in [0.5, 0.6) is 0 Å². The largest absolute Gasteiger partial charge is 0.438 e. The highest BCUT2D eigenvalue weighted by molar-refractivity contribution is 6.32. The minimum absolute atomic E-state index is 0. The van der Waals surface area contributed by atoms with E-state index in [1.54, 1.807) is 12.1 Å². The summed E-state index contributed by atoms with van der Waals surface area (Å²) in [6.45, 7) is 4.63. The Bertz CT molecular complexity index is 1100. The number of carbonyl (C=O) groups is 1.